The van der Waals surface area contributed by atoms with Crippen molar-refractivity contribution in [2.75, 3.05) is 12.5 Å². The molecule has 0 fully saturated rings. The zero-order valence-corrected chi connectivity index (χ0v) is 11.5. The topological polar surface area (TPSA) is 33.6 Å². The molecular formula is C14H13BrN2O. The van der Waals surface area contributed by atoms with Crippen molar-refractivity contribution in [1.29, 1.82) is 0 Å². The predicted octanol–water partition coefficient (Wildman–Crippen LogP) is 3.90. The molecule has 0 aliphatic heterocycles. The number of nitrogens with zero attached hydrogens (tertiary/aromatic N) is 1. The molecule has 0 aliphatic carbocycles. The van der Waals surface area contributed by atoms with Crippen LogP contribution in [0.25, 0.3) is 0 Å². The van der Waals surface area contributed by atoms with Crippen LogP contribution in [0.1, 0.15) is 5.56 Å². The number of benzene rings is 2. The summed E-state index contributed by atoms with van der Waals surface area (Å²) in [5.74, 6) is 0.841. The SMILES string of the molecule is COc1ccc(/C=N/Nc2ccc(Br)cc2)cc1. The van der Waals surface area contributed by atoms with E-state index in [-0.39, 0.29) is 0 Å². The highest BCUT2D eigenvalue weighted by Gasteiger charge is 1.91. The van der Waals surface area contributed by atoms with E-state index in [0.29, 0.717) is 0 Å². The van der Waals surface area contributed by atoms with E-state index in [1.807, 2.05) is 48.5 Å². The number of anilines is 1. The molecule has 1 N–H and O–H groups in total. The highest BCUT2D eigenvalue weighted by atomic mass is 79.9. The van der Waals surface area contributed by atoms with Gasteiger partial charge >= 0.3 is 0 Å². The summed E-state index contributed by atoms with van der Waals surface area (Å²) >= 11 is 3.39. The molecule has 2 rings (SSSR count). The van der Waals surface area contributed by atoms with Crippen molar-refractivity contribution in [1.82, 2.24) is 0 Å². The van der Waals surface area contributed by atoms with E-state index >= 15 is 0 Å². The number of nitrogens with one attached hydrogen (secondary N) is 1. The van der Waals surface area contributed by atoms with Crippen LogP contribution in [0.15, 0.2) is 58.1 Å². The number of ether oxygens (including phenoxy) is 1. The Hall–Kier alpha value is -1.81. The Morgan fingerprint density at radius 2 is 1.72 bits per heavy atom. The molecule has 0 aromatic heterocycles. The molecule has 0 bridgehead atoms. The van der Waals surface area contributed by atoms with Crippen LogP contribution < -0.4 is 10.2 Å². The van der Waals surface area contributed by atoms with Crippen LogP contribution in [0, 0.1) is 0 Å². The third-order valence-corrected chi connectivity index (χ3v) is 2.90. The molecule has 92 valence electrons. The monoisotopic (exact) mass is 304 g/mol. The van der Waals surface area contributed by atoms with Crippen LogP contribution in [-0.4, -0.2) is 13.3 Å². The number of hydrogen-bond acceptors (Lipinski definition) is 3. The minimum absolute atomic E-state index is 0.841. The molecule has 3 nitrogen and oxygen atoms in total. The molecule has 0 radical (unpaired) electrons. The molecule has 0 spiro atoms. The maximum Gasteiger partial charge on any atom is 0.118 e. The van der Waals surface area contributed by atoms with Gasteiger partial charge in [0.25, 0.3) is 0 Å². The predicted molar refractivity (Wildman–Crippen MR) is 78.4 cm³/mol. The Morgan fingerprint density at radius 1 is 1.06 bits per heavy atom. The summed E-state index contributed by atoms with van der Waals surface area (Å²) in [6, 6.07) is 15.5. The van der Waals surface area contributed by atoms with E-state index in [2.05, 4.69) is 26.5 Å². The quantitative estimate of drug-likeness (QED) is 0.686. The van der Waals surface area contributed by atoms with E-state index in [4.69, 9.17) is 4.74 Å². The number of rotatable bonds is 4. The first-order chi connectivity index (χ1) is 8.78. The van der Waals surface area contributed by atoms with Gasteiger partial charge in [0.05, 0.1) is 19.0 Å². The third kappa shape index (κ3) is 3.60. The fourth-order valence-electron chi connectivity index (χ4n) is 1.40. The lowest BCUT2D eigenvalue weighted by molar-refractivity contribution is 0.415. The second-order valence-electron chi connectivity index (χ2n) is 3.65. The lowest BCUT2D eigenvalue weighted by Gasteiger charge is -2.00. The molecule has 0 atom stereocenters. The van der Waals surface area contributed by atoms with E-state index in [0.717, 1.165) is 21.5 Å². The maximum absolute atomic E-state index is 5.09. The van der Waals surface area contributed by atoms with Gasteiger partial charge in [0, 0.05) is 4.47 Å². The molecule has 0 unspecified atom stereocenters. The summed E-state index contributed by atoms with van der Waals surface area (Å²) in [6.45, 7) is 0. The van der Waals surface area contributed by atoms with E-state index in [1.54, 1.807) is 13.3 Å². The van der Waals surface area contributed by atoms with Crippen molar-refractivity contribution in [3.8, 4) is 5.75 Å². The van der Waals surface area contributed by atoms with Crippen LogP contribution >= 0.6 is 15.9 Å². The van der Waals surface area contributed by atoms with Crippen molar-refractivity contribution in [2.45, 2.75) is 0 Å². The van der Waals surface area contributed by atoms with Crippen molar-refractivity contribution in [3.63, 3.8) is 0 Å². The molecule has 2 aromatic rings. The third-order valence-electron chi connectivity index (χ3n) is 2.37. The molecule has 2 aromatic carbocycles. The normalized spacial score (nSPS) is 10.6. The number of halogens is 1. The van der Waals surface area contributed by atoms with Gasteiger partial charge in [0.1, 0.15) is 5.75 Å². The molecule has 18 heavy (non-hydrogen) atoms. The van der Waals surface area contributed by atoms with Gasteiger partial charge < -0.3 is 4.74 Å². The summed E-state index contributed by atoms with van der Waals surface area (Å²) in [4.78, 5) is 0. The van der Waals surface area contributed by atoms with E-state index in [1.165, 1.54) is 0 Å². The minimum Gasteiger partial charge on any atom is -0.497 e. The average Bonchev–Trinajstić information content (AvgIpc) is 2.42. The van der Waals surface area contributed by atoms with Crippen LogP contribution in [-0.2, 0) is 0 Å². The summed E-state index contributed by atoms with van der Waals surface area (Å²) in [6.07, 6.45) is 1.77. The van der Waals surface area contributed by atoms with Crippen LogP contribution in [0.3, 0.4) is 0 Å². The summed E-state index contributed by atoms with van der Waals surface area (Å²) in [5.41, 5.74) is 4.93. The Labute approximate surface area is 115 Å². The molecular weight excluding hydrogens is 292 g/mol. The fraction of sp³-hybridized carbons (Fsp3) is 0.0714. The lowest BCUT2D eigenvalue weighted by Crippen LogP contribution is -1.90. The van der Waals surface area contributed by atoms with Gasteiger partial charge in [-0.05, 0) is 54.1 Å². The highest BCUT2D eigenvalue weighted by molar-refractivity contribution is 9.10. The second-order valence-corrected chi connectivity index (χ2v) is 4.57. The first kappa shape index (κ1) is 12.6. The lowest BCUT2D eigenvalue weighted by atomic mass is 10.2. The average molecular weight is 305 g/mol. The Bertz CT molecular complexity index is 520. The van der Waals surface area contributed by atoms with Crippen LogP contribution in [0.5, 0.6) is 5.75 Å². The largest absolute Gasteiger partial charge is 0.497 e. The van der Waals surface area contributed by atoms with Gasteiger partial charge in [0.15, 0.2) is 0 Å². The highest BCUT2D eigenvalue weighted by Crippen LogP contribution is 2.14. The summed E-state index contributed by atoms with van der Waals surface area (Å²) in [7, 11) is 1.65. The fourth-order valence-corrected chi connectivity index (χ4v) is 1.66. The number of hydrazone groups is 1. The van der Waals surface area contributed by atoms with Gasteiger partial charge in [-0.2, -0.15) is 5.10 Å². The standard InChI is InChI=1S/C14H13BrN2O/c1-18-14-8-2-11(3-9-14)10-16-17-13-6-4-12(15)5-7-13/h2-10,17H,1H3/b16-10+. The molecule has 0 aliphatic rings. The first-order valence-corrected chi connectivity index (χ1v) is 6.26. The van der Waals surface area contributed by atoms with Gasteiger partial charge in [-0.3, -0.25) is 5.43 Å². The zero-order valence-electron chi connectivity index (χ0n) is 9.93. The summed E-state index contributed by atoms with van der Waals surface area (Å²) < 4.78 is 6.14. The van der Waals surface area contributed by atoms with Gasteiger partial charge in [-0.1, -0.05) is 15.9 Å². The van der Waals surface area contributed by atoms with Crippen molar-refractivity contribution >= 4 is 27.8 Å². The summed E-state index contributed by atoms with van der Waals surface area (Å²) in [5, 5.41) is 4.17. The number of hydrogen-bond donors (Lipinski definition) is 1. The van der Waals surface area contributed by atoms with Crippen molar-refractivity contribution in [2.24, 2.45) is 5.10 Å². The molecule has 0 heterocycles. The Kier molecular flexibility index (Phi) is 4.36. The van der Waals surface area contributed by atoms with Crippen LogP contribution in [0.2, 0.25) is 0 Å². The minimum atomic E-state index is 0.841. The molecule has 0 saturated carbocycles. The van der Waals surface area contributed by atoms with Gasteiger partial charge in [0.2, 0.25) is 0 Å². The van der Waals surface area contributed by atoms with Crippen molar-refractivity contribution in [3.05, 3.63) is 58.6 Å². The zero-order chi connectivity index (χ0) is 12.8. The Balaban J connectivity index is 1.96. The molecule has 4 heteroatoms. The van der Waals surface area contributed by atoms with Crippen molar-refractivity contribution < 1.29 is 4.74 Å². The maximum atomic E-state index is 5.09. The molecule has 0 saturated heterocycles. The van der Waals surface area contributed by atoms with E-state index < -0.39 is 0 Å². The smallest absolute Gasteiger partial charge is 0.118 e. The number of methoxy groups -OCH3 is 1. The van der Waals surface area contributed by atoms with Gasteiger partial charge in [-0.15, -0.1) is 0 Å². The van der Waals surface area contributed by atoms with Gasteiger partial charge in [-0.25, -0.2) is 0 Å². The van der Waals surface area contributed by atoms with E-state index in [9.17, 15) is 0 Å². The first-order valence-electron chi connectivity index (χ1n) is 5.46. The van der Waals surface area contributed by atoms with Crippen LogP contribution in [0.4, 0.5) is 5.69 Å². The molecule has 0 amide bonds. The Morgan fingerprint density at radius 3 is 2.33 bits per heavy atom. The second kappa shape index (κ2) is 6.21.